The molecule has 0 spiro atoms. The molecule has 130 valence electrons. The molecule has 2 heterocycles. The monoisotopic (exact) mass is 347 g/mol. The SMILES string of the molecule is CC(C)(C)c1nc2ccc(NC(=O)N3CCC(CO)CC3)cc2s1. The minimum Gasteiger partial charge on any atom is -0.396 e. The molecular formula is C18H25N3O2S. The number of rotatable bonds is 2. The van der Waals surface area contributed by atoms with Crippen LogP contribution >= 0.6 is 11.3 Å². The van der Waals surface area contributed by atoms with Crippen LogP contribution in [0.1, 0.15) is 38.6 Å². The Bertz CT molecular complexity index is 727. The number of nitrogens with zero attached hydrogens (tertiary/aromatic N) is 2. The lowest BCUT2D eigenvalue weighted by Gasteiger charge is -2.31. The number of anilines is 1. The molecule has 0 aliphatic carbocycles. The Labute approximate surface area is 146 Å². The van der Waals surface area contributed by atoms with Crippen LogP contribution in [0.25, 0.3) is 10.2 Å². The lowest BCUT2D eigenvalue weighted by atomic mass is 9.98. The van der Waals surface area contributed by atoms with E-state index in [1.54, 1.807) is 11.3 Å². The third-order valence-electron chi connectivity index (χ3n) is 4.44. The fourth-order valence-electron chi connectivity index (χ4n) is 2.84. The zero-order valence-corrected chi connectivity index (χ0v) is 15.3. The van der Waals surface area contributed by atoms with E-state index in [4.69, 9.17) is 0 Å². The second-order valence-electron chi connectivity index (χ2n) is 7.49. The highest BCUT2D eigenvalue weighted by molar-refractivity contribution is 7.18. The second-order valence-corrected chi connectivity index (χ2v) is 8.53. The van der Waals surface area contributed by atoms with Crippen LogP contribution in [0.2, 0.25) is 0 Å². The van der Waals surface area contributed by atoms with Gasteiger partial charge in [0, 0.05) is 30.8 Å². The van der Waals surface area contributed by atoms with Gasteiger partial charge in [0.15, 0.2) is 0 Å². The average molecular weight is 347 g/mol. The van der Waals surface area contributed by atoms with Gasteiger partial charge in [-0.15, -0.1) is 11.3 Å². The fraction of sp³-hybridized carbons (Fsp3) is 0.556. The van der Waals surface area contributed by atoms with Crippen molar-refractivity contribution < 1.29 is 9.90 Å². The first kappa shape index (κ1) is 17.2. The maximum absolute atomic E-state index is 12.4. The summed E-state index contributed by atoms with van der Waals surface area (Å²) in [5.41, 5.74) is 1.82. The minimum atomic E-state index is -0.0636. The van der Waals surface area contributed by atoms with E-state index < -0.39 is 0 Å². The van der Waals surface area contributed by atoms with Gasteiger partial charge in [-0.25, -0.2) is 9.78 Å². The Kier molecular flexibility index (Phi) is 4.78. The smallest absolute Gasteiger partial charge is 0.321 e. The fourth-order valence-corrected chi connectivity index (χ4v) is 3.91. The molecule has 24 heavy (non-hydrogen) atoms. The van der Waals surface area contributed by atoms with Crippen molar-refractivity contribution in [3.05, 3.63) is 23.2 Å². The van der Waals surface area contributed by atoms with Crippen LogP contribution < -0.4 is 5.32 Å². The van der Waals surface area contributed by atoms with Crippen molar-refractivity contribution in [1.29, 1.82) is 0 Å². The normalized spacial score (nSPS) is 16.6. The van der Waals surface area contributed by atoms with Crippen LogP contribution in [-0.4, -0.2) is 40.7 Å². The summed E-state index contributed by atoms with van der Waals surface area (Å²) < 4.78 is 1.09. The number of carbonyl (C=O) groups excluding carboxylic acids is 1. The first-order chi connectivity index (χ1) is 11.4. The van der Waals surface area contributed by atoms with Gasteiger partial charge in [0.1, 0.15) is 0 Å². The number of benzene rings is 1. The standard InChI is InChI=1S/C18H25N3O2S/c1-18(2,3)16-20-14-5-4-13(10-15(14)24-16)19-17(23)21-8-6-12(11-22)7-9-21/h4-5,10,12,22H,6-9,11H2,1-3H3,(H,19,23). The van der Waals surface area contributed by atoms with E-state index in [-0.39, 0.29) is 18.1 Å². The molecule has 1 fully saturated rings. The van der Waals surface area contributed by atoms with Gasteiger partial charge in [-0.2, -0.15) is 0 Å². The topological polar surface area (TPSA) is 65.5 Å². The van der Waals surface area contributed by atoms with Crippen LogP contribution in [0.15, 0.2) is 18.2 Å². The third kappa shape index (κ3) is 3.70. The highest BCUT2D eigenvalue weighted by atomic mass is 32.1. The van der Waals surface area contributed by atoms with Crippen molar-refractivity contribution in [2.75, 3.05) is 25.0 Å². The number of hydrogen-bond donors (Lipinski definition) is 2. The molecule has 1 aromatic heterocycles. The number of aliphatic hydroxyl groups is 1. The molecule has 3 rings (SSSR count). The maximum atomic E-state index is 12.4. The summed E-state index contributed by atoms with van der Waals surface area (Å²) >= 11 is 1.68. The van der Waals surface area contributed by atoms with Crippen molar-refractivity contribution in [3.8, 4) is 0 Å². The van der Waals surface area contributed by atoms with Crippen LogP contribution in [0.5, 0.6) is 0 Å². The average Bonchev–Trinajstić information content (AvgIpc) is 2.98. The number of urea groups is 1. The number of nitrogens with one attached hydrogen (secondary N) is 1. The molecule has 0 unspecified atom stereocenters. The number of likely N-dealkylation sites (tertiary alicyclic amines) is 1. The Balaban J connectivity index is 1.70. The summed E-state index contributed by atoms with van der Waals surface area (Å²) in [4.78, 5) is 18.9. The van der Waals surface area contributed by atoms with Crippen molar-refractivity contribution in [3.63, 3.8) is 0 Å². The zero-order valence-electron chi connectivity index (χ0n) is 14.5. The van der Waals surface area contributed by atoms with Crippen molar-refractivity contribution in [2.24, 2.45) is 5.92 Å². The first-order valence-electron chi connectivity index (χ1n) is 8.44. The van der Waals surface area contributed by atoms with Gasteiger partial charge in [0.25, 0.3) is 0 Å². The molecule has 0 radical (unpaired) electrons. The number of fused-ring (bicyclic) bond motifs is 1. The van der Waals surface area contributed by atoms with Crippen LogP contribution in [-0.2, 0) is 5.41 Å². The highest BCUT2D eigenvalue weighted by Crippen LogP contribution is 2.32. The van der Waals surface area contributed by atoms with Crippen LogP contribution in [0.3, 0.4) is 0 Å². The number of amides is 2. The molecule has 0 saturated carbocycles. The van der Waals surface area contributed by atoms with Gasteiger partial charge in [-0.1, -0.05) is 20.8 Å². The number of aliphatic hydroxyl groups excluding tert-OH is 1. The van der Waals surface area contributed by atoms with E-state index in [9.17, 15) is 9.90 Å². The Morgan fingerprint density at radius 1 is 1.38 bits per heavy atom. The van der Waals surface area contributed by atoms with Crippen molar-refractivity contribution in [2.45, 2.75) is 39.0 Å². The number of piperidine rings is 1. The minimum absolute atomic E-state index is 0.0319. The summed E-state index contributed by atoms with van der Waals surface area (Å²) in [5.74, 6) is 0.332. The number of thiazole rings is 1. The molecule has 1 aromatic carbocycles. The quantitative estimate of drug-likeness (QED) is 0.868. The van der Waals surface area contributed by atoms with Gasteiger partial charge >= 0.3 is 6.03 Å². The summed E-state index contributed by atoms with van der Waals surface area (Å²) in [6, 6.07) is 5.81. The van der Waals surface area contributed by atoms with Gasteiger partial charge in [-0.05, 0) is 37.0 Å². The van der Waals surface area contributed by atoms with Gasteiger partial charge in [0.2, 0.25) is 0 Å². The van der Waals surface area contributed by atoms with Crippen LogP contribution in [0.4, 0.5) is 10.5 Å². The molecule has 6 heteroatoms. The maximum Gasteiger partial charge on any atom is 0.321 e. The predicted molar refractivity (Wildman–Crippen MR) is 98.7 cm³/mol. The molecule has 0 atom stereocenters. The first-order valence-corrected chi connectivity index (χ1v) is 9.26. The van der Waals surface area contributed by atoms with E-state index in [1.807, 2.05) is 23.1 Å². The van der Waals surface area contributed by atoms with E-state index in [2.05, 4.69) is 31.1 Å². The number of carbonyl (C=O) groups is 1. The van der Waals surface area contributed by atoms with E-state index >= 15 is 0 Å². The Morgan fingerprint density at radius 2 is 2.08 bits per heavy atom. The molecule has 2 aromatic rings. The van der Waals surface area contributed by atoms with Gasteiger partial charge < -0.3 is 15.3 Å². The van der Waals surface area contributed by atoms with E-state index in [0.717, 1.165) is 33.8 Å². The lowest BCUT2D eigenvalue weighted by Crippen LogP contribution is -2.41. The second kappa shape index (κ2) is 6.69. The molecule has 2 N–H and O–H groups in total. The molecule has 0 bridgehead atoms. The molecule has 1 saturated heterocycles. The van der Waals surface area contributed by atoms with E-state index in [0.29, 0.717) is 19.0 Å². The predicted octanol–water partition coefficient (Wildman–Crippen LogP) is 3.83. The lowest BCUT2D eigenvalue weighted by molar-refractivity contribution is 0.143. The Hall–Kier alpha value is -1.66. The number of aromatic nitrogens is 1. The molecule has 5 nitrogen and oxygen atoms in total. The summed E-state index contributed by atoms with van der Waals surface area (Å²) in [6.07, 6.45) is 1.74. The van der Waals surface area contributed by atoms with Gasteiger partial charge in [-0.3, -0.25) is 0 Å². The van der Waals surface area contributed by atoms with Crippen LogP contribution in [0, 0.1) is 5.92 Å². The molecule has 1 aliphatic rings. The summed E-state index contributed by atoms with van der Waals surface area (Å²) in [5, 5.41) is 13.3. The van der Waals surface area contributed by atoms with E-state index in [1.165, 1.54) is 0 Å². The van der Waals surface area contributed by atoms with Crippen molar-refractivity contribution >= 4 is 33.3 Å². The number of hydrogen-bond acceptors (Lipinski definition) is 4. The Morgan fingerprint density at radius 3 is 2.71 bits per heavy atom. The molecular weight excluding hydrogens is 322 g/mol. The molecule has 1 aliphatic heterocycles. The largest absolute Gasteiger partial charge is 0.396 e. The summed E-state index contributed by atoms with van der Waals surface area (Å²) in [7, 11) is 0. The highest BCUT2D eigenvalue weighted by Gasteiger charge is 2.23. The molecule has 2 amide bonds. The van der Waals surface area contributed by atoms with Gasteiger partial charge in [0.05, 0.1) is 15.2 Å². The third-order valence-corrected chi connectivity index (χ3v) is 5.89. The van der Waals surface area contributed by atoms with Crippen molar-refractivity contribution in [1.82, 2.24) is 9.88 Å². The summed E-state index contributed by atoms with van der Waals surface area (Å²) in [6.45, 7) is 8.09. The zero-order chi connectivity index (χ0) is 17.3.